The van der Waals surface area contributed by atoms with Gasteiger partial charge in [0.2, 0.25) is 5.91 Å². The Hall–Kier alpha value is -2.06. The molecule has 0 spiro atoms. The fraction of sp³-hybridized carbons (Fsp3) is 0.790. The second-order valence-electron chi connectivity index (χ2n) is 21.3. The Morgan fingerprint density at radius 2 is 0.831 bits per heavy atom. The van der Waals surface area contributed by atoms with Gasteiger partial charge in [0.25, 0.3) is 7.82 Å². The van der Waals surface area contributed by atoms with Crippen LogP contribution in [0.25, 0.3) is 0 Å². The normalized spacial score (nSPS) is 14.4. The second-order valence-corrected chi connectivity index (χ2v) is 22.7. The minimum Gasteiger partial charge on any atom is -0.756 e. The number of nitrogens with zero attached hydrogens (tertiary/aromatic N) is 1. The smallest absolute Gasteiger partial charge is 0.268 e. The van der Waals surface area contributed by atoms with Crippen LogP contribution in [0.2, 0.25) is 0 Å². The van der Waals surface area contributed by atoms with Crippen molar-refractivity contribution in [3.63, 3.8) is 0 Å². The van der Waals surface area contributed by atoms with E-state index in [1.165, 1.54) is 186 Å². The second kappa shape index (κ2) is 52.8. The number of hydrogen-bond donors (Lipinski definition) is 2. The number of aliphatic hydroxyl groups is 1. The zero-order chi connectivity index (χ0) is 52.0. The van der Waals surface area contributed by atoms with E-state index in [-0.39, 0.29) is 12.5 Å². The lowest BCUT2D eigenvalue weighted by atomic mass is 10.0. The van der Waals surface area contributed by atoms with Crippen LogP contribution in [0.15, 0.2) is 72.9 Å². The Labute approximate surface area is 440 Å². The van der Waals surface area contributed by atoms with Crippen LogP contribution in [-0.4, -0.2) is 68.5 Å². The van der Waals surface area contributed by atoms with Gasteiger partial charge >= 0.3 is 0 Å². The maximum absolute atomic E-state index is 13.0. The monoisotopic (exact) mass is 1010 g/mol. The molecule has 0 rings (SSSR count). The molecule has 0 heterocycles. The summed E-state index contributed by atoms with van der Waals surface area (Å²) in [5, 5.41) is 13.9. The highest BCUT2D eigenvalue weighted by atomic mass is 31.2. The van der Waals surface area contributed by atoms with E-state index < -0.39 is 26.6 Å². The molecule has 0 aliphatic carbocycles. The van der Waals surface area contributed by atoms with Crippen molar-refractivity contribution in [3.05, 3.63) is 72.9 Å². The van der Waals surface area contributed by atoms with E-state index in [1.807, 2.05) is 27.2 Å². The highest BCUT2D eigenvalue weighted by Gasteiger charge is 2.23. The van der Waals surface area contributed by atoms with Gasteiger partial charge in [0.05, 0.1) is 39.9 Å². The molecule has 0 aromatic carbocycles. The number of phosphoric acid groups is 1. The first kappa shape index (κ1) is 68.9. The lowest BCUT2D eigenvalue weighted by Crippen LogP contribution is -2.45. The van der Waals surface area contributed by atoms with Gasteiger partial charge in [-0.15, -0.1) is 0 Å². The predicted octanol–water partition coefficient (Wildman–Crippen LogP) is 17.6. The summed E-state index contributed by atoms with van der Waals surface area (Å²) in [6.07, 6.45) is 72.7. The Bertz CT molecular complexity index is 1380. The summed E-state index contributed by atoms with van der Waals surface area (Å²) in [6.45, 7) is 4.62. The van der Waals surface area contributed by atoms with E-state index >= 15 is 0 Å². The number of allylic oxidation sites excluding steroid dienone is 11. The first-order valence-corrected chi connectivity index (χ1v) is 31.3. The molecule has 1 amide bonds. The van der Waals surface area contributed by atoms with E-state index in [1.54, 1.807) is 6.08 Å². The van der Waals surface area contributed by atoms with Crippen molar-refractivity contribution in [1.29, 1.82) is 0 Å². The van der Waals surface area contributed by atoms with E-state index in [2.05, 4.69) is 79.9 Å². The Morgan fingerprint density at radius 3 is 1.24 bits per heavy atom. The molecule has 3 atom stereocenters. The number of carbonyl (C=O) groups is 1. The molecule has 0 aliphatic rings. The molecular weight excluding hydrogens is 900 g/mol. The number of unbranched alkanes of at least 4 members (excludes halogenated alkanes) is 31. The number of phosphoric ester groups is 1. The topological polar surface area (TPSA) is 108 Å². The van der Waals surface area contributed by atoms with E-state index in [0.717, 1.165) is 57.8 Å². The summed E-state index contributed by atoms with van der Waals surface area (Å²) in [5.74, 6) is -0.211. The highest BCUT2D eigenvalue weighted by molar-refractivity contribution is 7.45. The van der Waals surface area contributed by atoms with Crippen molar-refractivity contribution >= 4 is 13.7 Å². The van der Waals surface area contributed by atoms with Gasteiger partial charge in [-0.2, -0.15) is 0 Å². The lowest BCUT2D eigenvalue weighted by Gasteiger charge is -2.29. The van der Waals surface area contributed by atoms with Gasteiger partial charge in [-0.05, 0) is 83.5 Å². The number of carbonyl (C=O) groups excluding carboxylic acids is 1. The molecule has 0 fully saturated rings. The average molecular weight is 1020 g/mol. The highest BCUT2D eigenvalue weighted by Crippen LogP contribution is 2.38. The molecule has 0 saturated heterocycles. The van der Waals surface area contributed by atoms with Crippen LogP contribution in [0.1, 0.15) is 264 Å². The molecule has 0 aromatic heterocycles. The van der Waals surface area contributed by atoms with Crippen LogP contribution in [0, 0.1) is 0 Å². The van der Waals surface area contributed by atoms with Crippen LogP contribution in [0.3, 0.4) is 0 Å². The van der Waals surface area contributed by atoms with Crippen molar-refractivity contribution in [3.8, 4) is 0 Å². The van der Waals surface area contributed by atoms with Gasteiger partial charge in [0, 0.05) is 6.42 Å². The van der Waals surface area contributed by atoms with Crippen LogP contribution < -0.4 is 10.2 Å². The summed E-state index contributed by atoms with van der Waals surface area (Å²) >= 11 is 0. The van der Waals surface area contributed by atoms with Crippen molar-refractivity contribution in [2.75, 3.05) is 40.9 Å². The lowest BCUT2D eigenvalue weighted by molar-refractivity contribution is -0.870. The van der Waals surface area contributed by atoms with E-state index in [9.17, 15) is 19.4 Å². The third-order valence-electron chi connectivity index (χ3n) is 13.1. The minimum atomic E-state index is -4.61. The molecule has 414 valence electrons. The summed E-state index contributed by atoms with van der Waals surface area (Å²) in [5.41, 5.74) is 0. The molecule has 0 aliphatic heterocycles. The first-order valence-electron chi connectivity index (χ1n) is 29.8. The van der Waals surface area contributed by atoms with E-state index in [0.29, 0.717) is 17.4 Å². The van der Waals surface area contributed by atoms with Crippen LogP contribution in [0.5, 0.6) is 0 Å². The molecule has 0 bridgehead atoms. The largest absolute Gasteiger partial charge is 0.756 e. The van der Waals surface area contributed by atoms with Crippen molar-refractivity contribution in [2.45, 2.75) is 276 Å². The van der Waals surface area contributed by atoms with E-state index in [4.69, 9.17) is 9.05 Å². The Kier molecular flexibility index (Phi) is 51.3. The van der Waals surface area contributed by atoms with Gasteiger partial charge in [-0.3, -0.25) is 9.36 Å². The Balaban J connectivity index is 4.17. The first-order chi connectivity index (χ1) is 34.5. The quantitative estimate of drug-likeness (QED) is 0.0272. The van der Waals surface area contributed by atoms with Gasteiger partial charge in [0.15, 0.2) is 0 Å². The number of aliphatic hydroxyl groups excluding tert-OH is 1. The molecule has 0 saturated carbocycles. The number of amides is 1. The zero-order valence-corrected chi connectivity index (χ0v) is 48.1. The number of hydrogen-bond acceptors (Lipinski definition) is 6. The summed E-state index contributed by atoms with van der Waals surface area (Å²) in [7, 11) is 1.23. The van der Waals surface area contributed by atoms with Crippen molar-refractivity contribution in [1.82, 2.24) is 5.32 Å². The molecule has 0 aromatic rings. The minimum absolute atomic E-state index is 0.0107. The number of nitrogens with one attached hydrogen (secondary N) is 1. The van der Waals surface area contributed by atoms with Crippen molar-refractivity contribution < 1.29 is 32.9 Å². The summed E-state index contributed by atoms with van der Waals surface area (Å²) in [4.78, 5) is 25.5. The van der Waals surface area contributed by atoms with Crippen LogP contribution in [-0.2, 0) is 18.4 Å². The average Bonchev–Trinajstić information content (AvgIpc) is 3.33. The van der Waals surface area contributed by atoms with Gasteiger partial charge in [0.1, 0.15) is 13.2 Å². The number of quaternary nitrogens is 1. The van der Waals surface area contributed by atoms with Crippen molar-refractivity contribution in [2.24, 2.45) is 0 Å². The SMILES string of the molecule is CCCCCCC/C=C\C/C=C\C/C=C\CCCCCCCCCCCCCCCCCCC(=O)NC(COP(=O)([O-])OCC[N+](C)(C)C)C(O)/C=C/CC/C=C/CC/C=C/CCCCCCCCCC. The van der Waals surface area contributed by atoms with Crippen LogP contribution >= 0.6 is 7.82 Å². The zero-order valence-electron chi connectivity index (χ0n) is 47.2. The molecule has 0 radical (unpaired) electrons. The van der Waals surface area contributed by atoms with Gasteiger partial charge < -0.3 is 28.8 Å². The molecular formula is C62H115N2O6P. The third-order valence-corrected chi connectivity index (χ3v) is 14.1. The fourth-order valence-electron chi connectivity index (χ4n) is 8.43. The fourth-order valence-corrected chi connectivity index (χ4v) is 9.15. The maximum Gasteiger partial charge on any atom is 0.268 e. The van der Waals surface area contributed by atoms with Gasteiger partial charge in [-0.1, -0.05) is 247 Å². The third kappa shape index (κ3) is 55.5. The standard InChI is InChI=1S/C62H115N2O6P/c1-6-8-10-12-14-16-18-20-22-24-26-27-28-29-30-31-32-33-34-35-36-37-38-40-42-44-46-48-50-52-54-56-62(66)63-60(59-70-71(67,68)69-58-57-64(3,4)5)61(65)55-53-51-49-47-45-43-41-39-25-23-21-19-17-15-13-11-9-7-2/h18,20,24-26,28-29,39,45,47,53,55,60-61,65H,6-17,19,21-23,27,30-38,40-44,46,48-52,54,56-59H2,1-5H3,(H-,63,66,67,68)/b20-18-,26-24-,29-28-,39-25+,47-45+,55-53+. The maximum atomic E-state index is 13.0. The molecule has 9 heteroatoms. The molecule has 71 heavy (non-hydrogen) atoms. The predicted molar refractivity (Wildman–Crippen MR) is 307 cm³/mol. The molecule has 3 unspecified atom stereocenters. The number of likely N-dealkylation sites (N-methyl/N-ethyl adjacent to an activating group) is 1. The van der Waals surface area contributed by atoms with Gasteiger partial charge in [-0.25, -0.2) is 0 Å². The summed E-state index contributed by atoms with van der Waals surface area (Å²) in [6, 6.07) is -0.913. The summed E-state index contributed by atoms with van der Waals surface area (Å²) < 4.78 is 23.3. The number of rotatable bonds is 54. The Morgan fingerprint density at radius 1 is 0.493 bits per heavy atom. The molecule has 8 nitrogen and oxygen atoms in total. The van der Waals surface area contributed by atoms with Crippen LogP contribution in [0.4, 0.5) is 0 Å². The molecule has 2 N–H and O–H groups in total.